The maximum Gasteiger partial charge on any atom is 0.264 e. The van der Waals surface area contributed by atoms with Crippen LogP contribution < -0.4 is 4.74 Å². The lowest BCUT2D eigenvalue weighted by Crippen LogP contribution is -2.25. The molecule has 5 heteroatoms. The molecule has 0 aliphatic rings. The van der Waals surface area contributed by atoms with E-state index in [1.54, 1.807) is 31.2 Å². The van der Waals surface area contributed by atoms with Crippen molar-refractivity contribution in [2.75, 3.05) is 14.2 Å². The van der Waals surface area contributed by atoms with E-state index in [9.17, 15) is 9.18 Å². The Labute approximate surface area is 137 Å². The van der Waals surface area contributed by atoms with E-state index in [1.165, 1.54) is 23.5 Å². The first kappa shape index (κ1) is 15.5. The number of halogens is 1. The average molecular weight is 329 g/mol. The molecule has 0 bridgehead atoms. The van der Waals surface area contributed by atoms with Crippen LogP contribution >= 0.6 is 11.3 Å². The van der Waals surface area contributed by atoms with Crippen molar-refractivity contribution in [1.82, 2.24) is 4.90 Å². The monoisotopic (exact) mass is 329 g/mol. The molecule has 3 rings (SSSR count). The van der Waals surface area contributed by atoms with Gasteiger partial charge in [-0.3, -0.25) is 4.79 Å². The van der Waals surface area contributed by atoms with Gasteiger partial charge in [-0.15, -0.1) is 11.3 Å². The van der Waals surface area contributed by atoms with E-state index in [2.05, 4.69) is 0 Å². The highest BCUT2D eigenvalue weighted by molar-refractivity contribution is 7.20. The van der Waals surface area contributed by atoms with Crippen LogP contribution in [0.1, 0.15) is 15.2 Å². The third kappa shape index (κ3) is 3.35. The predicted octanol–water partition coefficient (Wildman–Crippen LogP) is 4.32. The summed E-state index contributed by atoms with van der Waals surface area (Å²) in [5, 5.41) is 0.993. The molecule has 1 amide bonds. The SMILES string of the molecule is COc1ccc2sc(C(=O)N(C)Cc3ccc(F)cc3)cc2c1. The van der Waals surface area contributed by atoms with Gasteiger partial charge in [-0.25, -0.2) is 4.39 Å². The first-order valence-corrected chi connectivity index (χ1v) is 7.96. The number of rotatable bonds is 4. The van der Waals surface area contributed by atoms with E-state index in [4.69, 9.17) is 4.74 Å². The van der Waals surface area contributed by atoms with Crippen LogP contribution in [0.5, 0.6) is 5.75 Å². The standard InChI is InChI=1S/C18H16FNO2S/c1-20(11-12-3-5-14(19)6-4-12)18(21)17-10-13-9-15(22-2)7-8-16(13)23-17/h3-10H,11H2,1-2H3. The number of thiophene rings is 1. The molecule has 1 aromatic heterocycles. The van der Waals surface area contributed by atoms with Crippen molar-refractivity contribution in [1.29, 1.82) is 0 Å². The number of hydrogen-bond acceptors (Lipinski definition) is 3. The zero-order valence-corrected chi connectivity index (χ0v) is 13.7. The van der Waals surface area contributed by atoms with E-state index in [1.807, 2.05) is 24.3 Å². The van der Waals surface area contributed by atoms with Gasteiger partial charge in [-0.2, -0.15) is 0 Å². The number of methoxy groups -OCH3 is 1. The third-order valence-corrected chi connectivity index (χ3v) is 4.72. The van der Waals surface area contributed by atoms with Gasteiger partial charge in [0.25, 0.3) is 5.91 Å². The summed E-state index contributed by atoms with van der Waals surface area (Å²) in [5.41, 5.74) is 0.894. The Kier molecular flexibility index (Phi) is 4.30. The van der Waals surface area contributed by atoms with Gasteiger partial charge in [-0.1, -0.05) is 12.1 Å². The van der Waals surface area contributed by atoms with Crippen molar-refractivity contribution < 1.29 is 13.9 Å². The van der Waals surface area contributed by atoms with Crippen molar-refractivity contribution >= 4 is 27.3 Å². The van der Waals surface area contributed by atoms with Crippen LogP contribution in [0.25, 0.3) is 10.1 Å². The topological polar surface area (TPSA) is 29.5 Å². The van der Waals surface area contributed by atoms with Gasteiger partial charge < -0.3 is 9.64 Å². The third-order valence-electron chi connectivity index (χ3n) is 3.61. The van der Waals surface area contributed by atoms with Crippen molar-refractivity contribution in [3.63, 3.8) is 0 Å². The Morgan fingerprint density at radius 2 is 1.91 bits per heavy atom. The lowest BCUT2D eigenvalue weighted by atomic mass is 10.2. The number of amides is 1. The predicted molar refractivity (Wildman–Crippen MR) is 90.6 cm³/mol. The number of benzene rings is 2. The molecule has 118 valence electrons. The Morgan fingerprint density at radius 1 is 1.17 bits per heavy atom. The minimum absolute atomic E-state index is 0.0468. The first-order valence-electron chi connectivity index (χ1n) is 7.14. The molecule has 0 unspecified atom stereocenters. The first-order chi connectivity index (χ1) is 11.1. The summed E-state index contributed by atoms with van der Waals surface area (Å²) in [4.78, 5) is 14.9. The molecule has 0 aliphatic carbocycles. The van der Waals surface area contributed by atoms with Gasteiger partial charge in [0, 0.05) is 18.3 Å². The smallest absolute Gasteiger partial charge is 0.264 e. The molecule has 0 spiro atoms. The van der Waals surface area contributed by atoms with Crippen LogP contribution in [0.4, 0.5) is 4.39 Å². The number of hydrogen-bond donors (Lipinski definition) is 0. The van der Waals surface area contributed by atoms with E-state index in [0.29, 0.717) is 11.4 Å². The number of carbonyl (C=O) groups excluding carboxylic acids is 1. The van der Waals surface area contributed by atoms with Crippen LogP contribution in [0.15, 0.2) is 48.5 Å². The molecule has 0 radical (unpaired) electrons. The molecular formula is C18H16FNO2S. The van der Waals surface area contributed by atoms with Gasteiger partial charge in [0.2, 0.25) is 0 Å². The maximum absolute atomic E-state index is 12.9. The van der Waals surface area contributed by atoms with Gasteiger partial charge in [-0.05, 0) is 47.3 Å². The zero-order valence-electron chi connectivity index (χ0n) is 12.9. The molecule has 1 heterocycles. The van der Waals surface area contributed by atoms with Crippen LogP contribution in [-0.4, -0.2) is 25.0 Å². The summed E-state index contributed by atoms with van der Waals surface area (Å²) in [6.07, 6.45) is 0. The van der Waals surface area contributed by atoms with Crippen LogP contribution in [0.2, 0.25) is 0 Å². The minimum Gasteiger partial charge on any atom is -0.497 e. The quantitative estimate of drug-likeness (QED) is 0.713. The summed E-state index contributed by atoms with van der Waals surface area (Å²) in [6, 6.07) is 13.8. The van der Waals surface area contributed by atoms with Gasteiger partial charge >= 0.3 is 0 Å². The number of ether oxygens (including phenoxy) is 1. The van der Waals surface area contributed by atoms with Crippen molar-refractivity contribution in [3.05, 3.63) is 64.8 Å². The molecule has 0 aliphatic heterocycles. The molecular weight excluding hydrogens is 313 g/mol. The van der Waals surface area contributed by atoms with E-state index in [-0.39, 0.29) is 11.7 Å². The number of nitrogens with zero attached hydrogens (tertiary/aromatic N) is 1. The largest absolute Gasteiger partial charge is 0.497 e. The lowest BCUT2D eigenvalue weighted by Gasteiger charge is -2.16. The van der Waals surface area contributed by atoms with Crippen LogP contribution in [0.3, 0.4) is 0 Å². The second-order valence-electron chi connectivity index (χ2n) is 5.30. The van der Waals surface area contributed by atoms with Gasteiger partial charge in [0.1, 0.15) is 11.6 Å². The molecule has 3 nitrogen and oxygen atoms in total. The van der Waals surface area contributed by atoms with Crippen molar-refractivity contribution in [2.45, 2.75) is 6.54 Å². The molecule has 2 aromatic carbocycles. The molecule has 0 saturated carbocycles. The Balaban J connectivity index is 1.80. The summed E-state index contributed by atoms with van der Waals surface area (Å²) < 4.78 is 19.2. The van der Waals surface area contributed by atoms with Crippen LogP contribution in [0, 0.1) is 5.82 Å². The van der Waals surface area contributed by atoms with E-state index >= 15 is 0 Å². The highest BCUT2D eigenvalue weighted by Crippen LogP contribution is 2.29. The highest BCUT2D eigenvalue weighted by Gasteiger charge is 2.15. The normalized spacial score (nSPS) is 10.7. The fraction of sp³-hybridized carbons (Fsp3) is 0.167. The summed E-state index contributed by atoms with van der Waals surface area (Å²) in [6.45, 7) is 0.441. The second kappa shape index (κ2) is 6.38. The molecule has 0 N–H and O–H groups in total. The van der Waals surface area contributed by atoms with Crippen molar-refractivity contribution in [3.8, 4) is 5.75 Å². The number of carbonyl (C=O) groups is 1. The summed E-state index contributed by atoms with van der Waals surface area (Å²) >= 11 is 1.46. The highest BCUT2D eigenvalue weighted by atomic mass is 32.1. The molecule has 0 atom stereocenters. The summed E-state index contributed by atoms with van der Waals surface area (Å²) in [7, 11) is 3.37. The van der Waals surface area contributed by atoms with E-state index < -0.39 is 0 Å². The molecule has 0 saturated heterocycles. The minimum atomic E-state index is -0.277. The second-order valence-corrected chi connectivity index (χ2v) is 6.39. The molecule has 0 fully saturated rings. The van der Waals surface area contributed by atoms with E-state index in [0.717, 1.165) is 21.4 Å². The zero-order chi connectivity index (χ0) is 16.4. The average Bonchev–Trinajstić information content (AvgIpc) is 2.99. The maximum atomic E-state index is 12.9. The Bertz CT molecular complexity index is 842. The van der Waals surface area contributed by atoms with Gasteiger partial charge in [0.15, 0.2) is 0 Å². The fourth-order valence-corrected chi connectivity index (χ4v) is 3.42. The Morgan fingerprint density at radius 3 is 2.61 bits per heavy atom. The Hall–Kier alpha value is -2.40. The molecule has 23 heavy (non-hydrogen) atoms. The number of fused-ring (bicyclic) bond motifs is 1. The van der Waals surface area contributed by atoms with Crippen molar-refractivity contribution in [2.24, 2.45) is 0 Å². The lowest BCUT2D eigenvalue weighted by molar-refractivity contribution is 0.0790. The summed E-state index contributed by atoms with van der Waals surface area (Å²) in [5.74, 6) is 0.449. The van der Waals surface area contributed by atoms with Gasteiger partial charge in [0.05, 0.1) is 12.0 Å². The fourth-order valence-electron chi connectivity index (χ4n) is 2.38. The molecule has 3 aromatic rings. The van der Waals surface area contributed by atoms with Crippen LogP contribution in [-0.2, 0) is 6.54 Å².